The molecule has 0 fully saturated rings. The molecule has 0 atom stereocenters. The van der Waals surface area contributed by atoms with Crippen LogP contribution in [0.15, 0.2) is 81.4 Å². The van der Waals surface area contributed by atoms with Gasteiger partial charge >= 0.3 is 0 Å². The van der Waals surface area contributed by atoms with Gasteiger partial charge in [-0.2, -0.15) is 5.10 Å². The molecular formula is C22H18ClN5O2S. The number of benzene rings is 2. The highest BCUT2D eigenvalue weighted by Gasteiger charge is 2.17. The number of hydrogen-bond acceptors (Lipinski definition) is 6. The lowest BCUT2D eigenvalue weighted by molar-refractivity contribution is -0.118. The van der Waals surface area contributed by atoms with Crippen molar-refractivity contribution in [2.75, 3.05) is 5.75 Å². The SMILES string of the molecule is Cc1ccc(/C=N\NC(=O)CSc2nnc(-c3ccccc3)n2-c2ccc(Cl)cc2)o1. The molecular weight excluding hydrogens is 434 g/mol. The van der Waals surface area contributed by atoms with Crippen molar-refractivity contribution < 1.29 is 9.21 Å². The lowest BCUT2D eigenvalue weighted by Crippen LogP contribution is -2.19. The highest BCUT2D eigenvalue weighted by Crippen LogP contribution is 2.28. The number of hydrogen-bond donors (Lipinski definition) is 1. The summed E-state index contributed by atoms with van der Waals surface area (Å²) < 4.78 is 7.28. The summed E-state index contributed by atoms with van der Waals surface area (Å²) in [6.07, 6.45) is 1.46. The number of nitrogens with one attached hydrogen (secondary N) is 1. The van der Waals surface area contributed by atoms with E-state index in [0.717, 1.165) is 17.0 Å². The number of carbonyl (C=O) groups excluding carboxylic acids is 1. The van der Waals surface area contributed by atoms with E-state index in [4.69, 9.17) is 16.0 Å². The number of furan rings is 1. The fourth-order valence-electron chi connectivity index (χ4n) is 2.81. The molecule has 156 valence electrons. The van der Waals surface area contributed by atoms with Crippen LogP contribution < -0.4 is 5.43 Å². The molecule has 0 radical (unpaired) electrons. The van der Waals surface area contributed by atoms with Crippen LogP contribution in [0.2, 0.25) is 5.02 Å². The molecule has 2 heterocycles. The Morgan fingerprint density at radius 2 is 1.90 bits per heavy atom. The number of nitrogens with zero attached hydrogens (tertiary/aromatic N) is 4. The van der Waals surface area contributed by atoms with Crippen LogP contribution in [0.3, 0.4) is 0 Å². The molecule has 4 rings (SSSR count). The number of carbonyl (C=O) groups is 1. The van der Waals surface area contributed by atoms with Gasteiger partial charge in [0.2, 0.25) is 0 Å². The molecule has 0 saturated carbocycles. The number of aryl methyl sites for hydroxylation is 1. The third kappa shape index (κ3) is 5.22. The van der Waals surface area contributed by atoms with E-state index in [2.05, 4.69) is 20.7 Å². The average molecular weight is 452 g/mol. The zero-order valence-electron chi connectivity index (χ0n) is 16.5. The van der Waals surface area contributed by atoms with Gasteiger partial charge < -0.3 is 4.42 Å². The highest BCUT2D eigenvalue weighted by atomic mass is 35.5. The predicted molar refractivity (Wildman–Crippen MR) is 122 cm³/mol. The first-order valence-corrected chi connectivity index (χ1v) is 10.7. The summed E-state index contributed by atoms with van der Waals surface area (Å²) in [6, 6.07) is 20.7. The van der Waals surface area contributed by atoms with Crippen molar-refractivity contribution >= 4 is 35.5 Å². The summed E-state index contributed by atoms with van der Waals surface area (Å²) in [7, 11) is 0. The molecule has 0 spiro atoms. The molecule has 2 aromatic carbocycles. The number of thioether (sulfide) groups is 1. The predicted octanol–water partition coefficient (Wildman–Crippen LogP) is 4.73. The molecule has 1 amide bonds. The second-order valence-electron chi connectivity index (χ2n) is 6.51. The van der Waals surface area contributed by atoms with Crippen molar-refractivity contribution in [3.63, 3.8) is 0 Å². The minimum absolute atomic E-state index is 0.120. The highest BCUT2D eigenvalue weighted by molar-refractivity contribution is 7.99. The van der Waals surface area contributed by atoms with Gasteiger partial charge in [-0.05, 0) is 43.3 Å². The number of rotatable bonds is 7. The molecule has 0 unspecified atom stereocenters. The van der Waals surface area contributed by atoms with Gasteiger partial charge in [-0.1, -0.05) is 53.7 Å². The van der Waals surface area contributed by atoms with E-state index < -0.39 is 0 Å². The minimum Gasteiger partial charge on any atom is -0.460 e. The van der Waals surface area contributed by atoms with Crippen LogP contribution in [-0.2, 0) is 4.79 Å². The van der Waals surface area contributed by atoms with Crippen molar-refractivity contribution in [3.05, 3.63) is 83.3 Å². The van der Waals surface area contributed by atoms with E-state index in [1.807, 2.05) is 60.0 Å². The molecule has 0 aliphatic rings. The Labute approximate surface area is 188 Å². The molecule has 4 aromatic rings. The smallest absolute Gasteiger partial charge is 0.250 e. The van der Waals surface area contributed by atoms with E-state index in [0.29, 0.717) is 21.8 Å². The van der Waals surface area contributed by atoms with Crippen molar-refractivity contribution in [3.8, 4) is 17.1 Å². The topological polar surface area (TPSA) is 85.3 Å². The summed E-state index contributed by atoms with van der Waals surface area (Å²) in [5.41, 5.74) is 4.26. The van der Waals surface area contributed by atoms with Gasteiger partial charge in [-0.15, -0.1) is 10.2 Å². The largest absolute Gasteiger partial charge is 0.460 e. The summed E-state index contributed by atoms with van der Waals surface area (Å²) in [4.78, 5) is 12.2. The molecule has 0 aliphatic heterocycles. The first kappa shape index (κ1) is 20.9. The summed E-state index contributed by atoms with van der Waals surface area (Å²) in [5, 5.41) is 13.8. The molecule has 0 bridgehead atoms. The molecule has 1 N–H and O–H groups in total. The van der Waals surface area contributed by atoms with Gasteiger partial charge in [0.25, 0.3) is 5.91 Å². The fraction of sp³-hybridized carbons (Fsp3) is 0.0909. The average Bonchev–Trinajstić information content (AvgIpc) is 3.39. The maximum absolute atomic E-state index is 12.2. The second-order valence-corrected chi connectivity index (χ2v) is 7.89. The third-order valence-electron chi connectivity index (χ3n) is 4.22. The van der Waals surface area contributed by atoms with E-state index in [1.165, 1.54) is 18.0 Å². The number of amides is 1. The summed E-state index contributed by atoms with van der Waals surface area (Å²) >= 11 is 7.31. The summed E-state index contributed by atoms with van der Waals surface area (Å²) in [6.45, 7) is 1.84. The number of halogens is 1. The van der Waals surface area contributed by atoms with E-state index in [-0.39, 0.29) is 11.7 Å². The lowest BCUT2D eigenvalue weighted by Gasteiger charge is -2.10. The van der Waals surface area contributed by atoms with Crippen molar-refractivity contribution in [2.24, 2.45) is 5.10 Å². The van der Waals surface area contributed by atoms with Crippen LogP contribution in [0, 0.1) is 6.92 Å². The van der Waals surface area contributed by atoms with Gasteiger partial charge in [0.05, 0.1) is 12.0 Å². The first-order chi connectivity index (χ1) is 15.1. The van der Waals surface area contributed by atoms with Crippen molar-refractivity contribution in [1.29, 1.82) is 0 Å². The fourth-order valence-corrected chi connectivity index (χ4v) is 3.68. The van der Waals surface area contributed by atoms with Gasteiger partial charge in [-0.25, -0.2) is 5.43 Å². The lowest BCUT2D eigenvalue weighted by atomic mass is 10.2. The Morgan fingerprint density at radius 3 is 2.61 bits per heavy atom. The standard InChI is InChI=1S/C22H18ClN5O2S/c1-15-7-12-19(30-15)13-24-25-20(29)14-31-22-27-26-21(16-5-3-2-4-6-16)28(22)18-10-8-17(23)9-11-18/h2-13H,14H2,1H3,(H,25,29)/b24-13-. The van der Waals surface area contributed by atoms with Crippen LogP contribution in [0.5, 0.6) is 0 Å². The minimum atomic E-state index is -0.267. The Bertz CT molecular complexity index is 1200. The molecule has 7 nitrogen and oxygen atoms in total. The van der Waals surface area contributed by atoms with E-state index in [1.54, 1.807) is 18.2 Å². The zero-order chi connectivity index (χ0) is 21.6. The van der Waals surface area contributed by atoms with Crippen LogP contribution in [-0.4, -0.2) is 32.6 Å². The first-order valence-electron chi connectivity index (χ1n) is 9.38. The van der Waals surface area contributed by atoms with Gasteiger partial charge in [0.1, 0.15) is 11.5 Å². The molecule has 0 aliphatic carbocycles. The Morgan fingerprint density at radius 1 is 1.13 bits per heavy atom. The quantitative estimate of drug-likeness (QED) is 0.249. The summed E-state index contributed by atoms with van der Waals surface area (Å²) in [5.74, 6) is 1.88. The van der Waals surface area contributed by atoms with Crippen molar-refractivity contribution in [1.82, 2.24) is 20.2 Å². The maximum Gasteiger partial charge on any atom is 0.250 e. The van der Waals surface area contributed by atoms with Gasteiger partial charge in [-0.3, -0.25) is 9.36 Å². The number of hydrazone groups is 1. The van der Waals surface area contributed by atoms with E-state index in [9.17, 15) is 4.79 Å². The normalized spacial score (nSPS) is 11.2. The zero-order valence-corrected chi connectivity index (χ0v) is 18.1. The Hall–Kier alpha value is -3.36. The maximum atomic E-state index is 12.2. The Kier molecular flexibility index (Phi) is 6.49. The molecule has 0 saturated heterocycles. The Balaban J connectivity index is 1.51. The van der Waals surface area contributed by atoms with Crippen LogP contribution in [0.4, 0.5) is 0 Å². The van der Waals surface area contributed by atoms with Gasteiger partial charge in [0.15, 0.2) is 11.0 Å². The molecule has 31 heavy (non-hydrogen) atoms. The van der Waals surface area contributed by atoms with Crippen LogP contribution in [0.25, 0.3) is 17.1 Å². The number of aromatic nitrogens is 3. The van der Waals surface area contributed by atoms with E-state index >= 15 is 0 Å². The molecule has 9 heteroatoms. The van der Waals surface area contributed by atoms with Gasteiger partial charge in [0, 0.05) is 16.3 Å². The monoisotopic (exact) mass is 451 g/mol. The molecule has 2 aromatic heterocycles. The van der Waals surface area contributed by atoms with Crippen LogP contribution >= 0.6 is 23.4 Å². The van der Waals surface area contributed by atoms with Crippen LogP contribution in [0.1, 0.15) is 11.5 Å². The van der Waals surface area contributed by atoms with Crippen molar-refractivity contribution in [2.45, 2.75) is 12.1 Å². The second kappa shape index (κ2) is 9.63. The third-order valence-corrected chi connectivity index (χ3v) is 5.41.